The summed E-state index contributed by atoms with van der Waals surface area (Å²) in [5.74, 6) is 1.19. The number of nitrogens with two attached hydrogens (primary N) is 1. The van der Waals surface area contributed by atoms with Crippen LogP contribution in [0.15, 0.2) is 23.4 Å². The highest BCUT2D eigenvalue weighted by atomic mass is 16.5. The average molecular weight is 268 g/mol. The first-order valence-corrected chi connectivity index (χ1v) is 6.09. The maximum Gasteiger partial charge on any atom is 0.170 e. The van der Waals surface area contributed by atoms with Crippen LogP contribution in [0.5, 0.6) is 11.5 Å². The van der Waals surface area contributed by atoms with Gasteiger partial charge in [-0.1, -0.05) is 5.16 Å². The van der Waals surface area contributed by atoms with Crippen LogP contribution in [-0.4, -0.2) is 38.0 Å². The van der Waals surface area contributed by atoms with Gasteiger partial charge in [0.05, 0.1) is 13.7 Å². The summed E-state index contributed by atoms with van der Waals surface area (Å²) in [5, 5.41) is 11.6. The lowest BCUT2D eigenvalue weighted by Crippen LogP contribution is -2.13. The van der Waals surface area contributed by atoms with E-state index in [1.807, 2.05) is 6.92 Å². The summed E-state index contributed by atoms with van der Waals surface area (Å²) >= 11 is 0. The number of nitrogens with zero attached hydrogens (tertiary/aromatic N) is 1. The second kappa shape index (κ2) is 8.20. The zero-order valence-electron chi connectivity index (χ0n) is 11.3. The van der Waals surface area contributed by atoms with Crippen LogP contribution in [0.3, 0.4) is 0 Å². The fourth-order valence-electron chi connectivity index (χ4n) is 1.49. The van der Waals surface area contributed by atoms with Gasteiger partial charge in [-0.25, -0.2) is 0 Å². The van der Waals surface area contributed by atoms with E-state index in [2.05, 4.69) is 5.16 Å². The van der Waals surface area contributed by atoms with Crippen molar-refractivity contribution in [3.63, 3.8) is 0 Å². The molecule has 3 N–H and O–H groups in total. The molecule has 1 aromatic rings. The van der Waals surface area contributed by atoms with Crippen molar-refractivity contribution in [2.24, 2.45) is 10.9 Å². The van der Waals surface area contributed by atoms with Gasteiger partial charge >= 0.3 is 0 Å². The predicted molar refractivity (Wildman–Crippen MR) is 72.1 cm³/mol. The minimum absolute atomic E-state index is 0.0289. The first-order chi connectivity index (χ1) is 9.22. The van der Waals surface area contributed by atoms with Crippen LogP contribution in [-0.2, 0) is 4.74 Å². The van der Waals surface area contributed by atoms with Crippen molar-refractivity contribution in [2.75, 3.05) is 26.9 Å². The molecule has 6 heteroatoms. The fraction of sp³-hybridized carbons (Fsp3) is 0.462. The van der Waals surface area contributed by atoms with Crippen LogP contribution in [0.4, 0.5) is 0 Å². The standard InChI is InChI=1S/C13H20N2O4/c1-3-18-7-4-8-19-11-6-5-10(13(14)15-16)9-12(11)17-2/h5-6,9,16H,3-4,7-8H2,1-2H3,(H2,14,15). The SMILES string of the molecule is CCOCCCOc1ccc(C(N)=NO)cc1OC. The highest BCUT2D eigenvalue weighted by Gasteiger charge is 2.08. The first kappa shape index (κ1) is 15.1. The average Bonchev–Trinajstić information content (AvgIpc) is 2.46. The maximum absolute atomic E-state index is 8.62. The molecule has 0 heterocycles. The molecular weight excluding hydrogens is 248 g/mol. The monoisotopic (exact) mass is 268 g/mol. The molecule has 0 spiro atoms. The van der Waals surface area contributed by atoms with Crippen molar-refractivity contribution in [2.45, 2.75) is 13.3 Å². The second-order valence-electron chi connectivity index (χ2n) is 3.75. The van der Waals surface area contributed by atoms with E-state index in [9.17, 15) is 0 Å². The van der Waals surface area contributed by atoms with Gasteiger partial charge < -0.3 is 25.2 Å². The molecule has 0 fully saturated rings. The van der Waals surface area contributed by atoms with E-state index < -0.39 is 0 Å². The summed E-state index contributed by atoms with van der Waals surface area (Å²) in [5.41, 5.74) is 6.08. The lowest BCUT2D eigenvalue weighted by Gasteiger charge is -2.11. The van der Waals surface area contributed by atoms with Crippen molar-refractivity contribution in [3.8, 4) is 11.5 Å². The molecule has 0 radical (unpaired) electrons. The van der Waals surface area contributed by atoms with Gasteiger partial charge in [0.15, 0.2) is 17.3 Å². The van der Waals surface area contributed by atoms with E-state index in [0.29, 0.717) is 36.9 Å². The van der Waals surface area contributed by atoms with Crippen LogP contribution in [0.25, 0.3) is 0 Å². The van der Waals surface area contributed by atoms with E-state index in [1.54, 1.807) is 25.3 Å². The number of hydrogen-bond donors (Lipinski definition) is 2. The molecule has 0 atom stereocenters. The number of methoxy groups -OCH3 is 1. The van der Waals surface area contributed by atoms with Gasteiger partial charge in [-0.15, -0.1) is 0 Å². The smallest absolute Gasteiger partial charge is 0.170 e. The zero-order valence-corrected chi connectivity index (χ0v) is 11.3. The van der Waals surface area contributed by atoms with Crippen molar-refractivity contribution in [1.82, 2.24) is 0 Å². The molecule has 0 saturated heterocycles. The van der Waals surface area contributed by atoms with Crippen molar-refractivity contribution >= 4 is 5.84 Å². The molecule has 0 unspecified atom stereocenters. The van der Waals surface area contributed by atoms with Crippen LogP contribution in [0, 0.1) is 0 Å². The van der Waals surface area contributed by atoms with Gasteiger partial charge in [0.25, 0.3) is 0 Å². The summed E-state index contributed by atoms with van der Waals surface area (Å²) in [6.45, 7) is 3.87. The summed E-state index contributed by atoms with van der Waals surface area (Å²) in [7, 11) is 1.54. The van der Waals surface area contributed by atoms with Crippen LogP contribution < -0.4 is 15.2 Å². The molecule has 0 aliphatic heterocycles. The molecule has 0 aromatic heterocycles. The molecule has 0 amide bonds. The lowest BCUT2D eigenvalue weighted by atomic mass is 10.2. The Morgan fingerprint density at radius 2 is 2.11 bits per heavy atom. The Morgan fingerprint density at radius 1 is 1.32 bits per heavy atom. The topological polar surface area (TPSA) is 86.3 Å². The predicted octanol–water partition coefficient (Wildman–Crippen LogP) is 1.60. The fourth-order valence-corrected chi connectivity index (χ4v) is 1.49. The molecule has 19 heavy (non-hydrogen) atoms. The van der Waals surface area contributed by atoms with Crippen LogP contribution >= 0.6 is 0 Å². The third-order valence-electron chi connectivity index (χ3n) is 2.46. The normalized spacial score (nSPS) is 11.4. The molecule has 6 nitrogen and oxygen atoms in total. The van der Waals surface area contributed by atoms with E-state index in [-0.39, 0.29) is 5.84 Å². The summed E-state index contributed by atoms with van der Waals surface area (Å²) in [6.07, 6.45) is 0.805. The van der Waals surface area contributed by atoms with Gasteiger partial charge in [0.2, 0.25) is 0 Å². The number of oxime groups is 1. The quantitative estimate of drug-likeness (QED) is 0.246. The Morgan fingerprint density at radius 3 is 2.74 bits per heavy atom. The second-order valence-corrected chi connectivity index (χ2v) is 3.75. The first-order valence-electron chi connectivity index (χ1n) is 6.09. The number of rotatable bonds is 8. The van der Waals surface area contributed by atoms with Gasteiger partial charge in [0, 0.05) is 25.2 Å². The van der Waals surface area contributed by atoms with E-state index >= 15 is 0 Å². The summed E-state index contributed by atoms with van der Waals surface area (Å²) < 4.78 is 16.0. The summed E-state index contributed by atoms with van der Waals surface area (Å²) in [6, 6.07) is 5.09. The van der Waals surface area contributed by atoms with E-state index in [4.69, 9.17) is 25.2 Å². The Bertz CT molecular complexity index is 421. The molecule has 0 bridgehead atoms. The highest BCUT2D eigenvalue weighted by Crippen LogP contribution is 2.28. The maximum atomic E-state index is 8.62. The van der Waals surface area contributed by atoms with Crippen molar-refractivity contribution in [1.29, 1.82) is 0 Å². The summed E-state index contributed by atoms with van der Waals surface area (Å²) in [4.78, 5) is 0. The Hall–Kier alpha value is -1.95. The van der Waals surface area contributed by atoms with E-state index in [0.717, 1.165) is 6.42 Å². The number of ether oxygens (including phenoxy) is 3. The van der Waals surface area contributed by atoms with Gasteiger partial charge in [-0.05, 0) is 25.1 Å². The number of amidine groups is 1. The van der Waals surface area contributed by atoms with Crippen LogP contribution in [0.1, 0.15) is 18.9 Å². The van der Waals surface area contributed by atoms with Gasteiger partial charge in [0.1, 0.15) is 0 Å². The minimum Gasteiger partial charge on any atom is -0.493 e. The largest absolute Gasteiger partial charge is 0.493 e. The third kappa shape index (κ3) is 4.67. The van der Waals surface area contributed by atoms with Crippen molar-refractivity contribution in [3.05, 3.63) is 23.8 Å². The molecule has 106 valence electrons. The highest BCUT2D eigenvalue weighted by molar-refractivity contribution is 5.97. The molecule has 1 rings (SSSR count). The van der Waals surface area contributed by atoms with Gasteiger partial charge in [-0.3, -0.25) is 0 Å². The van der Waals surface area contributed by atoms with Crippen molar-refractivity contribution < 1.29 is 19.4 Å². The molecule has 0 saturated carbocycles. The third-order valence-corrected chi connectivity index (χ3v) is 2.46. The molecular formula is C13H20N2O4. The zero-order chi connectivity index (χ0) is 14.1. The Labute approximate surface area is 112 Å². The Kier molecular flexibility index (Phi) is 6.52. The molecule has 0 aliphatic carbocycles. The molecule has 1 aromatic carbocycles. The van der Waals surface area contributed by atoms with Gasteiger partial charge in [-0.2, -0.15) is 0 Å². The minimum atomic E-state index is 0.0289. The number of hydrogen-bond acceptors (Lipinski definition) is 5. The lowest BCUT2D eigenvalue weighted by molar-refractivity contribution is 0.130. The molecule has 0 aliphatic rings. The van der Waals surface area contributed by atoms with Crippen LogP contribution in [0.2, 0.25) is 0 Å². The van der Waals surface area contributed by atoms with E-state index in [1.165, 1.54) is 0 Å². The number of benzene rings is 1. The Balaban J connectivity index is 2.63.